The summed E-state index contributed by atoms with van der Waals surface area (Å²) < 4.78 is 9.94. The van der Waals surface area contributed by atoms with Crippen molar-refractivity contribution in [2.24, 2.45) is 0 Å². The fourth-order valence-electron chi connectivity index (χ4n) is 1.60. The third-order valence-corrected chi connectivity index (χ3v) is 2.48. The molecule has 4 heteroatoms. The number of hydrogen-bond acceptors (Lipinski definition) is 4. The molecule has 0 fully saturated rings. The molecular formula is C13H21NO3. The van der Waals surface area contributed by atoms with Gasteiger partial charge in [0.15, 0.2) is 0 Å². The molecule has 0 aliphatic rings. The van der Waals surface area contributed by atoms with Crippen molar-refractivity contribution in [3.63, 3.8) is 0 Å². The third kappa shape index (κ3) is 5.17. The molecule has 1 aromatic carbocycles. The van der Waals surface area contributed by atoms with Gasteiger partial charge in [-0.15, -0.1) is 0 Å². The van der Waals surface area contributed by atoms with Gasteiger partial charge in [-0.25, -0.2) is 0 Å². The van der Waals surface area contributed by atoms with E-state index in [0.29, 0.717) is 19.8 Å². The van der Waals surface area contributed by atoms with E-state index in [-0.39, 0.29) is 0 Å². The van der Waals surface area contributed by atoms with Gasteiger partial charge < -0.3 is 19.9 Å². The maximum Gasteiger partial charge on any atom is 0.0945 e. The van der Waals surface area contributed by atoms with Crippen LogP contribution in [0, 0.1) is 0 Å². The van der Waals surface area contributed by atoms with Crippen LogP contribution in [-0.4, -0.2) is 45.2 Å². The van der Waals surface area contributed by atoms with Crippen molar-refractivity contribution in [3.8, 4) is 0 Å². The second-order valence-electron chi connectivity index (χ2n) is 3.89. The molecule has 0 saturated heterocycles. The lowest BCUT2D eigenvalue weighted by molar-refractivity contribution is 0.0727. The molecule has 17 heavy (non-hydrogen) atoms. The summed E-state index contributed by atoms with van der Waals surface area (Å²) in [5.74, 6) is 0. The van der Waals surface area contributed by atoms with Gasteiger partial charge in [0.2, 0.25) is 0 Å². The summed E-state index contributed by atoms with van der Waals surface area (Å²) >= 11 is 0. The molecule has 1 atom stereocenters. The van der Waals surface area contributed by atoms with Gasteiger partial charge in [0.1, 0.15) is 0 Å². The molecule has 1 rings (SSSR count). The number of methoxy groups -OCH3 is 2. The summed E-state index contributed by atoms with van der Waals surface area (Å²) in [6.07, 6.45) is 0.371. The molecule has 0 bridgehead atoms. The highest BCUT2D eigenvalue weighted by atomic mass is 16.5. The van der Waals surface area contributed by atoms with E-state index in [1.807, 2.05) is 18.2 Å². The smallest absolute Gasteiger partial charge is 0.0945 e. The van der Waals surface area contributed by atoms with E-state index in [4.69, 9.17) is 9.47 Å². The van der Waals surface area contributed by atoms with Gasteiger partial charge in [-0.2, -0.15) is 0 Å². The highest BCUT2D eigenvalue weighted by Crippen LogP contribution is 2.15. The number of benzene rings is 1. The summed E-state index contributed by atoms with van der Waals surface area (Å²) in [6, 6.07) is 8.04. The fourth-order valence-corrected chi connectivity index (χ4v) is 1.60. The minimum absolute atomic E-state index is 0.341. The van der Waals surface area contributed by atoms with Crippen LogP contribution >= 0.6 is 0 Å². The average molecular weight is 239 g/mol. The number of nitrogens with one attached hydrogen (secondary N) is 1. The Kier molecular flexibility index (Phi) is 6.62. The minimum Gasteiger partial charge on any atom is -0.389 e. The quantitative estimate of drug-likeness (QED) is 0.718. The Labute approximate surface area is 103 Å². The molecule has 0 spiro atoms. The molecule has 96 valence electrons. The van der Waals surface area contributed by atoms with Crippen LogP contribution in [0.5, 0.6) is 0 Å². The largest absolute Gasteiger partial charge is 0.389 e. The molecule has 2 N–H and O–H groups in total. The number of aliphatic hydroxyl groups excluding tert-OH is 1. The van der Waals surface area contributed by atoms with E-state index in [0.717, 1.165) is 12.1 Å². The van der Waals surface area contributed by atoms with Crippen LogP contribution < -0.4 is 5.32 Å². The Morgan fingerprint density at radius 1 is 1.24 bits per heavy atom. The summed E-state index contributed by atoms with van der Waals surface area (Å²) in [6.45, 7) is 1.52. The first-order valence-electron chi connectivity index (χ1n) is 5.75. The lowest BCUT2D eigenvalue weighted by atomic mass is 10.1. The SMILES string of the molecule is COCCc1ccccc1NCC(O)COC. The first-order chi connectivity index (χ1) is 8.27. The summed E-state index contributed by atoms with van der Waals surface area (Å²) in [5, 5.41) is 12.8. The van der Waals surface area contributed by atoms with Crippen LogP contribution in [0.2, 0.25) is 0 Å². The van der Waals surface area contributed by atoms with Crippen molar-refractivity contribution in [2.45, 2.75) is 12.5 Å². The number of aliphatic hydroxyl groups is 1. The number of anilines is 1. The monoisotopic (exact) mass is 239 g/mol. The Bertz CT molecular complexity index is 317. The van der Waals surface area contributed by atoms with Crippen molar-refractivity contribution in [3.05, 3.63) is 29.8 Å². The van der Waals surface area contributed by atoms with E-state index in [2.05, 4.69) is 11.4 Å². The Hall–Kier alpha value is -1.10. The van der Waals surface area contributed by atoms with E-state index in [1.54, 1.807) is 14.2 Å². The first-order valence-corrected chi connectivity index (χ1v) is 5.75. The molecule has 0 radical (unpaired) electrons. The second-order valence-corrected chi connectivity index (χ2v) is 3.89. The highest BCUT2D eigenvalue weighted by Gasteiger charge is 2.05. The average Bonchev–Trinajstić information content (AvgIpc) is 2.35. The number of rotatable bonds is 8. The van der Waals surface area contributed by atoms with Crippen LogP contribution in [0.3, 0.4) is 0 Å². The van der Waals surface area contributed by atoms with Crippen molar-refractivity contribution in [1.82, 2.24) is 0 Å². The van der Waals surface area contributed by atoms with Gasteiger partial charge >= 0.3 is 0 Å². The molecule has 1 unspecified atom stereocenters. The maximum atomic E-state index is 9.57. The highest BCUT2D eigenvalue weighted by molar-refractivity contribution is 5.51. The van der Waals surface area contributed by atoms with Crippen molar-refractivity contribution in [1.29, 1.82) is 0 Å². The van der Waals surface area contributed by atoms with Crippen molar-refractivity contribution >= 4 is 5.69 Å². The van der Waals surface area contributed by atoms with E-state index in [9.17, 15) is 5.11 Å². The number of hydrogen-bond donors (Lipinski definition) is 2. The van der Waals surface area contributed by atoms with Crippen LogP contribution in [0.1, 0.15) is 5.56 Å². The fraction of sp³-hybridized carbons (Fsp3) is 0.538. The predicted molar refractivity (Wildman–Crippen MR) is 68.4 cm³/mol. The second kappa shape index (κ2) is 8.06. The van der Waals surface area contributed by atoms with Gasteiger partial charge in [-0.1, -0.05) is 18.2 Å². The molecule has 0 amide bonds. The summed E-state index contributed by atoms with van der Waals surface area (Å²) in [4.78, 5) is 0. The molecule has 0 heterocycles. The van der Waals surface area contributed by atoms with Crippen LogP contribution in [-0.2, 0) is 15.9 Å². The number of ether oxygens (including phenoxy) is 2. The standard InChI is InChI=1S/C13H21NO3/c1-16-8-7-11-5-3-4-6-13(11)14-9-12(15)10-17-2/h3-6,12,14-15H,7-10H2,1-2H3. The summed E-state index contributed by atoms with van der Waals surface area (Å²) in [5.41, 5.74) is 2.23. The van der Waals surface area contributed by atoms with Crippen LogP contribution in [0.4, 0.5) is 5.69 Å². The molecule has 0 saturated carbocycles. The van der Waals surface area contributed by atoms with Crippen LogP contribution in [0.15, 0.2) is 24.3 Å². The minimum atomic E-state index is -0.490. The Morgan fingerprint density at radius 2 is 2.00 bits per heavy atom. The van der Waals surface area contributed by atoms with Gasteiger partial charge in [0, 0.05) is 26.5 Å². The molecule has 0 aromatic heterocycles. The summed E-state index contributed by atoms with van der Waals surface area (Å²) in [7, 11) is 3.27. The van der Waals surface area contributed by atoms with E-state index >= 15 is 0 Å². The predicted octanol–water partition coefficient (Wildman–Crippen LogP) is 1.29. The van der Waals surface area contributed by atoms with Gasteiger partial charge in [0.05, 0.1) is 19.3 Å². The molecule has 0 aliphatic carbocycles. The molecule has 1 aromatic rings. The van der Waals surface area contributed by atoms with Gasteiger partial charge in [-0.05, 0) is 18.1 Å². The van der Waals surface area contributed by atoms with E-state index in [1.165, 1.54) is 5.56 Å². The van der Waals surface area contributed by atoms with Crippen molar-refractivity contribution < 1.29 is 14.6 Å². The van der Waals surface area contributed by atoms with Gasteiger partial charge in [-0.3, -0.25) is 0 Å². The van der Waals surface area contributed by atoms with E-state index < -0.39 is 6.10 Å². The molecular weight excluding hydrogens is 218 g/mol. The third-order valence-electron chi connectivity index (χ3n) is 2.48. The maximum absolute atomic E-state index is 9.57. The van der Waals surface area contributed by atoms with Gasteiger partial charge in [0.25, 0.3) is 0 Å². The lowest BCUT2D eigenvalue weighted by Gasteiger charge is -2.14. The van der Waals surface area contributed by atoms with Crippen LogP contribution in [0.25, 0.3) is 0 Å². The topological polar surface area (TPSA) is 50.7 Å². The Balaban J connectivity index is 2.51. The normalized spacial score (nSPS) is 12.4. The zero-order chi connectivity index (χ0) is 12.5. The Morgan fingerprint density at radius 3 is 2.71 bits per heavy atom. The lowest BCUT2D eigenvalue weighted by Crippen LogP contribution is -2.24. The zero-order valence-corrected chi connectivity index (χ0v) is 10.5. The zero-order valence-electron chi connectivity index (χ0n) is 10.5. The number of para-hydroxylation sites is 1. The van der Waals surface area contributed by atoms with Crippen molar-refractivity contribution in [2.75, 3.05) is 39.3 Å². The first kappa shape index (κ1) is 14.0. The molecule has 4 nitrogen and oxygen atoms in total. The molecule has 0 aliphatic heterocycles.